The van der Waals surface area contributed by atoms with Crippen molar-refractivity contribution in [2.75, 3.05) is 7.11 Å². The molecule has 2 nitrogen and oxygen atoms in total. The summed E-state index contributed by atoms with van der Waals surface area (Å²) in [5.41, 5.74) is 0.999. The van der Waals surface area contributed by atoms with Crippen LogP contribution in [-0.4, -0.2) is 12.9 Å². The maximum absolute atomic E-state index is 12.1. The Balaban J connectivity index is 1.86. The largest absolute Gasteiger partial charge is 0.497 e. The van der Waals surface area contributed by atoms with E-state index in [1.54, 1.807) is 13.2 Å². The molecule has 0 aliphatic heterocycles. The number of carbonyl (C=O) groups is 1. The molecule has 3 aromatic rings. The molecule has 22 heavy (non-hydrogen) atoms. The van der Waals surface area contributed by atoms with Gasteiger partial charge in [0.05, 0.1) is 12.0 Å². The molecule has 1 heterocycles. The summed E-state index contributed by atoms with van der Waals surface area (Å²) in [4.78, 5) is 12.8. The standard InChI is InChI=1S/C18H13BrO2S/c1-21-15-6-5-13-10-12(2-4-14(13)11-15)3-7-17(20)18-16(19)8-9-22-18/h2-11H,1H3. The van der Waals surface area contributed by atoms with Gasteiger partial charge in [0.15, 0.2) is 5.78 Å². The van der Waals surface area contributed by atoms with E-state index in [2.05, 4.69) is 22.0 Å². The minimum atomic E-state index is 0.0108. The number of hydrogen-bond acceptors (Lipinski definition) is 3. The molecule has 0 atom stereocenters. The predicted molar refractivity (Wildman–Crippen MR) is 95.9 cm³/mol. The minimum absolute atomic E-state index is 0.0108. The zero-order chi connectivity index (χ0) is 15.5. The molecule has 0 unspecified atom stereocenters. The fraction of sp³-hybridized carbons (Fsp3) is 0.0556. The highest BCUT2D eigenvalue weighted by Crippen LogP contribution is 2.25. The van der Waals surface area contributed by atoms with Crippen LogP contribution in [0, 0.1) is 0 Å². The Morgan fingerprint density at radius 1 is 1.14 bits per heavy atom. The molecule has 0 saturated heterocycles. The van der Waals surface area contributed by atoms with Crippen LogP contribution in [-0.2, 0) is 0 Å². The van der Waals surface area contributed by atoms with Gasteiger partial charge >= 0.3 is 0 Å². The number of halogens is 1. The van der Waals surface area contributed by atoms with E-state index in [4.69, 9.17) is 4.74 Å². The topological polar surface area (TPSA) is 26.3 Å². The van der Waals surface area contributed by atoms with Gasteiger partial charge in [0.25, 0.3) is 0 Å². The van der Waals surface area contributed by atoms with Gasteiger partial charge in [-0.2, -0.15) is 0 Å². The fourth-order valence-corrected chi connectivity index (χ4v) is 3.68. The molecule has 0 aliphatic rings. The monoisotopic (exact) mass is 372 g/mol. The average molecular weight is 373 g/mol. The molecular formula is C18H13BrO2S. The van der Waals surface area contributed by atoms with Crippen LogP contribution in [0.4, 0.5) is 0 Å². The maximum atomic E-state index is 12.1. The number of methoxy groups -OCH3 is 1. The van der Waals surface area contributed by atoms with Crippen LogP contribution in [0.15, 0.2) is 58.4 Å². The summed E-state index contributed by atoms with van der Waals surface area (Å²) in [6, 6.07) is 13.9. The second kappa shape index (κ2) is 6.46. The van der Waals surface area contributed by atoms with Crippen molar-refractivity contribution in [3.8, 4) is 5.75 Å². The van der Waals surface area contributed by atoms with E-state index < -0.39 is 0 Å². The molecule has 2 aromatic carbocycles. The first kappa shape index (κ1) is 15.0. The van der Waals surface area contributed by atoms with E-state index in [9.17, 15) is 4.79 Å². The Hall–Kier alpha value is -1.91. The third-order valence-electron chi connectivity index (χ3n) is 3.34. The van der Waals surface area contributed by atoms with Crippen molar-refractivity contribution in [1.29, 1.82) is 0 Å². The number of hydrogen-bond donors (Lipinski definition) is 0. The number of allylic oxidation sites excluding steroid dienone is 1. The lowest BCUT2D eigenvalue weighted by atomic mass is 10.1. The zero-order valence-electron chi connectivity index (χ0n) is 11.9. The highest BCUT2D eigenvalue weighted by atomic mass is 79.9. The fourth-order valence-electron chi connectivity index (χ4n) is 2.19. The Labute approximate surface area is 141 Å². The lowest BCUT2D eigenvalue weighted by Gasteiger charge is -2.03. The summed E-state index contributed by atoms with van der Waals surface area (Å²) in [5, 5.41) is 4.13. The highest BCUT2D eigenvalue weighted by Gasteiger charge is 2.07. The summed E-state index contributed by atoms with van der Waals surface area (Å²) in [7, 11) is 1.66. The normalized spacial score (nSPS) is 11.2. The number of ketones is 1. The van der Waals surface area contributed by atoms with Gasteiger partial charge in [-0.05, 0) is 68.0 Å². The number of rotatable bonds is 4. The van der Waals surface area contributed by atoms with Gasteiger partial charge in [0.2, 0.25) is 0 Å². The van der Waals surface area contributed by atoms with Gasteiger partial charge in [-0.3, -0.25) is 4.79 Å². The molecule has 0 aliphatic carbocycles. The van der Waals surface area contributed by atoms with Crippen molar-refractivity contribution in [3.63, 3.8) is 0 Å². The van der Waals surface area contributed by atoms with Crippen molar-refractivity contribution in [2.24, 2.45) is 0 Å². The average Bonchev–Trinajstić information content (AvgIpc) is 2.98. The van der Waals surface area contributed by atoms with Crippen LogP contribution in [0.1, 0.15) is 15.2 Å². The molecule has 0 spiro atoms. The molecule has 0 saturated carbocycles. The number of carbonyl (C=O) groups excluding carboxylic acids is 1. The third-order valence-corrected chi connectivity index (χ3v) is 5.19. The lowest BCUT2D eigenvalue weighted by Crippen LogP contribution is -1.90. The van der Waals surface area contributed by atoms with Gasteiger partial charge in [-0.15, -0.1) is 11.3 Å². The van der Waals surface area contributed by atoms with Crippen molar-refractivity contribution < 1.29 is 9.53 Å². The van der Waals surface area contributed by atoms with Crippen LogP contribution >= 0.6 is 27.3 Å². The molecule has 4 heteroatoms. The molecule has 0 bridgehead atoms. The van der Waals surface area contributed by atoms with Crippen LogP contribution in [0.3, 0.4) is 0 Å². The molecular weight excluding hydrogens is 360 g/mol. The molecule has 3 rings (SSSR count). The van der Waals surface area contributed by atoms with Crippen LogP contribution in [0.2, 0.25) is 0 Å². The van der Waals surface area contributed by atoms with Gasteiger partial charge in [-0.25, -0.2) is 0 Å². The molecule has 0 N–H and O–H groups in total. The smallest absolute Gasteiger partial charge is 0.196 e. The van der Waals surface area contributed by atoms with Crippen molar-refractivity contribution in [3.05, 3.63) is 68.8 Å². The predicted octanol–water partition coefficient (Wildman–Crippen LogP) is 5.57. The zero-order valence-corrected chi connectivity index (χ0v) is 14.3. The first-order valence-electron chi connectivity index (χ1n) is 6.70. The number of benzene rings is 2. The van der Waals surface area contributed by atoms with Crippen molar-refractivity contribution >= 4 is 49.9 Å². The highest BCUT2D eigenvalue weighted by molar-refractivity contribution is 9.10. The molecule has 110 valence electrons. The summed E-state index contributed by atoms with van der Waals surface area (Å²) in [5.74, 6) is 0.852. The third kappa shape index (κ3) is 3.13. The molecule has 0 fully saturated rings. The van der Waals surface area contributed by atoms with E-state index in [0.717, 1.165) is 31.4 Å². The second-order valence-corrected chi connectivity index (χ2v) is 6.54. The van der Waals surface area contributed by atoms with Gasteiger partial charge in [-0.1, -0.05) is 24.3 Å². The summed E-state index contributed by atoms with van der Waals surface area (Å²) < 4.78 is 6.07. The molecule has 0 radical (unpaired) electrons. The number of ether oxygens (including phenoxy) is 1. The Bertz CT molecular complexity index is 864. The second-order valence-electron chi connectivity index (χ2n) is 4.77. The van der Waals surface area contributed by atoms with Crippen LogP contribution in [0.5, 0.6) is 5.75 Å². The minimum Gasteiger partial charge on any atom is -0.497 e. The van der Waals surface area contributed by atoms with Gasteiger partial charge < -0.3 is 4.74 Å². The van der Waals surface area contributed by atoms with E-state index in [1.807, 2.05) is 47.9 Å². The lowest BCUT2D eigenvalue weighted by molar-refractivity contribution is 0.105. The van der Waals surface area contributed by atoms with Gasteiger partial charge in [0, 0.05) is 4.47 Å². The summed E-state index contributed by atoms with van der Waals surface area (Å²) in [6.45, 7) is 0. The van der Waals surface area contributed by atoms with Gasteiger partial charge in [0.1, 0.15) is 5.75 Å². The first-order valence-corrected chi connectivity index (χ1v) is 8.38. The Kier molecular flexibility index (Phi) is 4.41. The number of thiophene rings is 1. The molecule has 1 aromatic heterocycles. The SMILES string of the molecule is COc1ccc2cc(C=CC(=O)c3sccc3Br)ccc2c1. The quantitative estimate of drug-likeness (QED) is 0.442. The van der Waals surface area contributed by atoms with E-state index >= 15 is 0 Å². The summed E-state index contributed by atoms with van der Waals surface area (Å²) in [6.07, 6.45) is 3.46. The van der Waals surface area contributed by atoms with E-state index in [0.29, 0.717) is 0 Å². The summed E-state index contributed by atoms with van der Waals surface area (Å²) >= 11 is 4.82. The number of fused-ring (bicyclic) bond motifs is 1. The molecule has 0 amide bonds. The van der Waals surface area contributed by atoms with Crippen LogP contribution in [0.25, 0.3) is 16.8 Å². The van der Waals surface area contributed by atoms with E-state index in [-0.39, 0.29) is 5.78 Å². The Morgan fingerprint density at radius 3 is 2.64 bits per heavy atom. The van der Waals surface area contributed by atoms with Crippen LogP contribution < -0.4 is 4.74 Å². The van der Waals surface area contributed by atoms with Crippen molar-refractivity contribution in [1.82, 2.24) is 0 Å². The Morgan fingerprint density at radius 2 is 1.91 bits per heavy atom. The van der Waals surface area contributed by atoms with Crippen molar-refractivity contribution in [2.45, 2.75) is 0 Å². The van der Waals surface area contributed by atoms with E-state index in [1.165, 1.54) is 11.3 Å². The maximum Gasteiger partial charge on any atom is 0.196 e. The first-order chi connectivity index (χ1) is 10.7.